The van der Waals surface area contributed by atoms with Crippen molar-refractivity contribution in [3.63, 3.8) is 0 Å². The van der Waals surface area contributed by atoms with Gasteiger partial charge in [0.1, 0.15) is 5.82 Å². The number of carbonyl (C=O) groups excluding carboxylic acids is 1. The van der Waals surface area contributed by atoms with Gasteiger partial charge in [0.15, 0.2) is 0 Å². The highest BCUT2D eigenvalue weighted by molar-refractivity contribution is 5.82. The molecule has 1 unspecified atom stereocenters. The van der Waals surface area contributed by atoms with Gasteiger partial charge in [0.05, 0.1) is 6.04 Å². The summed E-state index contributed by atoms with van der Waals surface area (Å²) in [6.07, 6.45) is 5.76. The molecule has 0 aliphatic carbocycles. The third kappa shape index (κ3) is 3.32. The first kappa shape index (κ1) is 14.3. The first-order valence-electron chi connectivity index (χ1n) is 7.77. The highest BCUT2D eigenvalue weighted by Gasteiger charge is 2.33. The van der Waals surface area contributed by atoms with Crippen molar-refractivity contribution in [1.29, 1.82) is 0 Å². The number of likely N-dealkylation sites (tertiary alicyclic amines) is 2. The van der Waals surface area contributed by atoms with E-state index < -0.39 is 0 Å². The van der Waals surface area contributed by atoms with E-state index in [1.807, 2.05) is 17.0 Å². The second-order valence-corrected chi connectivity index (χ2v) is 5.99. The van der Waals surface area contributed by atoms with Gasteiger partial charge in [0.25, 0.3) is 0 Å². The van der Waals surface area contributed by atoms with Crippen LogP contribution < -0.4 is 5.32 Å². The van der Waals surface area contributed by atoms with Crippen LogP contribution in [-0.4, -0.2) is 64.7 Å². The maximum atomic E-state index is 12.5. The van der Waals surface area contributed by atoms with Crippen LogP contribution in [0.2, 0.25) is 0 Å². The van der Waals surface area contributed by atoms with Crippen molar-refractivity contribution in [3.8, 4) is 0 Å². The number of hydrogen-bond acceptors (Lipinski definition) is 5. The van der Waals surface area contributed by atoms with Crippen LogP contribution in [0.1, 0.15) is 25.7 Å². The lowest BCUT2D eigenvalue weighted by Gasteiger charge is -2.35. The van der Waals surface area contributed by atoms with Gasteiger partial charge in [0.2, 0.25) is 5.91 Å². The van der Waals surface area contributed by atoms with Crippen LogP contribution in [0, 0.1) is 0 Å². The zero-order valence-electron chi connectivity index (χ0n) is 12.5. The largest absolute Gasteiger partial charge is 0.366 e. The molecule has 2 fully saturated rings. The first-order valence-corrected chi connectivity index (χ1v) is 7.77. The molecule has 114 valence electrons. The summed E-state index contributed by atoms with van der Waals surface area (Å²) in [6, 6.07) is 4.30. The molecule has 1 amide bonds. The highest BCUT2D eigenvalue weighted by Crippen LogP contribution is 2.20. The number of nitrogens with zero attached hydrogens (tertiary/aromatic N) is 4. The number of rotatable bonds is 3. The maximum Gasteiger partial charge on any atom is 0.239 e. The van der Waals surface area contributed by atoms with E-state index >= 15 is 0 Å². The molecular weight excluding hydrogens is 266 g/mol. The zero-order valence-corrected chi connectivity index (χ0v) is 12.5. The minimum atomic E-state index is 0.106. The van der Waals surface area contributed by atoms with E-state index in [0.717, 1.165) is 51.1 Å². The number of anilines is 1. The Morgan fingerprint density at radius 1 is 1.29 bits per heavy atom. The lowest BCUT2D eigenvalue weighted by Crippen LogP contribution is -2.49. The molecule has 1 N–H and O–H groups in total. The van der Waals surface area contributed by atoms with E-state index in [2.05, 4.69) is 27.5 Å². The number of aromatic nitrogens is 2. The second kappa shape index (κ2) is 6.39. The quantitative estimate of drug-likeness (QED) is 0.898. The molecule has 0 spiro atoms. The minimum absolute atomic E-state index is 0.106. The molecule has 21 heavy (non-hydrogen) atoms. The Morgan fingerprint density at radius 3 is 2.71 bits per heavy atom. The number of likely N-dealkylation sites (N-methyl/N-ethyl adjacent to an activating group) is 1. The molecule has 3 rings (SSSR count). The fraction of sp³-hybridized carbons (Fsp3) is 0.667. The lowest BCUT2D eigenvalue weighted by molar-refractivity contribution is -0.136. The summed E-state index contributed by atoms with van der Waals surface area (Å²) in [5.74, 6) is 1.13. The van der Waals surface area contributed by atoms with Gasteiger partial charge in [-0.2, -0.15) is 5.10 Å². The molecule has 6 heteroatoms. The summed E-state index contributed by atoms with van der Waals surface area (Å²) in [5.41, 5.74) is 0. The maximum absolute atomic E-state index is 12.5. The molecule has 1 aromatic rings. The number of carbonyl (C=O) groups is 1. The van der Waals surface area contributed by atoms with Crippen LogP contribution >= 0.6 is 0 Å². The average molecular weight is 289 g/mol. The van der Waals surface area contributed by atoms with E-state index in [-0.39, 0.29) is 6.04 Å². The number of amides is 1. The van der Waals surface area contributed by atoms with E-state index in [1.165, 1.54) is 0 Å². The Hall–Kier alpha value is -1.69. The molecule has 1 atom stereocenters. The van der Waals surface area contributed by atoms with E-state index in [9.17, 15) is 4.79 Å². The molecule has 3 heterocycles. The highest BCUT2D eigenvalue weighted by atomic mass is 16.2. The fourth-order valence-corrected chi connectivity index (χ4v) is 3.26. The van der Waals surface area contributed by atoms with Crippen molar-refractivity contribution >= 4 is 11.7 Å². The lowest BCUT2D eigenvalue weighted by atomic mass is 10.0. The standard InChI is InChI=1S/C15H23N5O/c1-19-9-3-4-13(19)15(21)20-10-6-12(7-11-20)17-14-5-2-8-16-18-14/h2,5,8,12-13H,3-4,6-7,9-11H2,1H3,(H,17,18). The van der Waals surface area contributed by atoms with Gasteiger partial charge in [-0.05, 0) is 51.4 Å². The monoisotopic (exact) mass is 289 g/mol. The van der Waals surface area contributed by atoms with Crippen molar-refractivity contribution in [2.24, 2.45) is 0 Å². The van der Waals surface area contributed by atoms with Crippen LogP contribution in [0.5, 0.6) is 0 Å². The first-order chi connectivity index (χ1) is 10.2. The van der Waals surface area contributed by atoms with Gasteiger partial charge in [-0.3, -0.25) is 9.69 Å². The fourth-order valence-electron chi connectivity index (χ4n) is 3.26. The summed E-state index contributed by atoms with van der Waals surface area (Å²) in [6.45, 7) is 2.71. The van der Waals surface area contributed by atoms with Crippen molar-refractivity contribution in [3.05, 3.63) is 18.3 Å². The number of hydrogen-bond donors (Lipinski definition) is 1. The minimum Gasteiger partial charge on any atom is -0.366 e. The Kier molecular flexibility index (Phi) is 4.34. The number of nitrogens with one attached hydrogen (secondary N) is 1. The van der Waals surface area contributed by atoms with Crippen LogP contribution in [0.4, 0.5) is 5.82 Å². The molecule has 2 aliphatic rings. The van der Waals surface area contributed by atoms with Gasteiger partial charge in [-0.15, -0.1) is 5.10 Å². The normalized spacial score (nSPS) is 24.2. The van der Waals surface area contributed by atoms with Crippen molar-refractivity contribution in [2.45, 2.75) is 37.8 Å². The molecule has 0 aromatic carbocycles. The van der Waals surface area contributed by atoms with E-state index in [1.54, 1.807) is 6.20 Å². The Morgan fingerprint density at radius 2 is 2.10 bits per heavy atom. The summed E-state index contributed by atoms with van der Waals surface area (Å²) < 4.78 is 0. The summed E-state index contributed by atoms with van der Waals surface area (Å²) in [4.78, 5) is 16.7. The Labute approximate surface area is 125 Å². The second-order valence-electron chi connectivity index (χ2n) is 5.99. The van der Waals surface area contributed by atoms with Crippen molar-refractivity contribution in [1.82, 2.24) is 20.0 Å². The molecule has 1 aromatic heterocycles. The van der Waals surface area contributed by atoms with E-state index in [4.69, 9.17) is 0 Å². The van der Waals surface area contributed by atoms with Crippen LogP contribution in [0.3, 0.4) is 0 Å². The molecule has 6 nitrogen and oxygen atoms in total. The van der Waals surface area contributed by atoms with Crippen LogP contribution in [0.25, 0.3) is 0 Å². The van der Waals surface area contributed by atoms with Gasteiger partial charge >= 0.3 is 0 Å². The summed E-state index contributed by atoms with van der Waals surface area (Å²) >= 11 is 0. The predicted octanol–water partition coefficient (Wildman–Crippen LogP) is 0.974. The van der Waals surface area contributed by atoms with Crippen LogP contribution in [-0.2, 0) is 4.79 Å². The molecule has 0 radical (unpaired) electrons. The summed E-state index contributed by atoms with van der Waals surface area (Å²) in [5, 5.41) is 11.3. The van der Waals surface area contributed by atoms with Gasteiger partial charge in [0, 0.05) is 25.3 Å². The third-order valence-corrected chi connectivity index (χ3v) is 4.54. The SMILES string of the molecule is CN1CCCC1C(=O)N1CCC(Nc2cccnn2)CC1. The van der Waals surface area contributed by atoms with Crippen molar-refractivity contribution < 1.29 is 4.79 Å². The van der Waals surface area contributed by atoms with Crippen LogP contribution in [0.15, 0.2) is 18.3 Å². The Balaban J connectivity index is 1.50. The summed E-state index contributed by atoms with van der Waals surface area (Å²) in [7, 11) is 2.05. The smallest absolute Gasteiger partial charge is 0.239 e. The van der Waals surface area contributed by atoms with Crippen molar-refractivity contribution in [2.75, 3.05) is 32.0 Å². The molecule has 2 aliphatic heterocycles. The number of piperidine rings is 1. The zero-order chi connectivity index (χ0) is 14.7. The molecule has 0 saturated carbocycles. The van der Waals surface area contributed by atoms with Gasteiger partial charge < -0.3 is 10.2 Å². The molecular formula is C15H23N5O. The third-order valence-electron chi connectivity index (χ3n) is 4.54. The topological polar surface area (TPSA) is 61.4 Å². The predicted molar refractivity (Wildman–Crippen MR) is 80.9 cm³/mol. The molecule has 0 bridgehead atoms. The molecule has 2 saturated heterocycles. The Bertz CT molecular complexity index is 472. The van der Waals surface area contributed by atoms with Gasteiger partial charge in [-0.25, -0.2) is 0 Å². The van der Waals surface area contributed by atoms with E-state index in [0.29, 0.717) is 11.9 Å². The van der Waals surface area contributed by atoms with Gasteiger partial charge in [-0.1, -0.05) is 0 Å². The average Bonchev–Trinajstić information content (AvgIpc) is 2.94.